The van der Waals surface area contributed by atoms with Crippen molar-refractivity contribution in [3.8, 4) is 11.8 Å². The molecule has 1 aromatic heterocycles. The van der Waals surface area contributed by atoms with Crippen LogP contribution in [-0.2, 0) is 4.74 Å². The van der Waals surface area contributed by atoms with Crippen molar-refractivity contribution in [2.24, 2.45) is 0 Å². The van der Waals surface area contributed by atoms with Gasteiger partial charge in [0.1, 0.15) is 18.0 Å². The monoisotopic (exact) mass is 405 g/mol. The van der Waals surface area contributed by atoms with Gasteiger partial charge in [0.25, 0.3) is 0 Å². The quantitative estimate of drug-likeness (QED) is 0.792. The van der Waals surface area contributed by atoms with Crippen LogP contribution in [0, 0.1) is 11.3 Å². The molecule has 7 nitrogen and oxygen atoms in total. The fourth-order valence-electron chi connectivity index (χ4n) is 4.75. The number of rotatable bonds is 2. The molecule has 0 aliphatic carbocycles. The highest BCUT2D eigenvalue weighted by atomic mass is 16.5. The zero-order valence-electron chi connectivity index (χ0n) is 17.3. The Bertz CT molecular complexity index is 974. The summed E-state index contributed by atoms with van der Waals surface area (Å²) in [5.41, 5.74) is 4.76. The second kappa shape index (κ2) is 8.13. The number of nitriles is 1. The maximum Gasteiger partial charge on any atom is 0.161 e. The zero-order valence-corrected chi connectivity index (χ0v) is 17.3. The molecule has 156 valence electrons. The maximum absolute atomic E-state index is 9.86. The largest absolute Gasteiger partial charge is 0.482 e. The first kappa shape index (κ1) is 19.2. The first-order chi connectivity index (χ1) is 14.7. The summed E-state index contributed by atoms with van der Waals surface area (Å²) in [6.07, 6.45) is 3.78. The van der Waals surface area contributed by atoms with Crippen molar-refractivity contribution < 1.29 is 9.47 Å². The second-order valence-electron chi connectivity index (χ2n) is 8.16. The highest BCUT2D eigenvalue weighted by Crippen LogP contribution is 2.45. The number of anilines is 3. The molecule has 2 fully saturated rings. The first-order valence-corrected chi connectivity index (χ1v) is 10.8. The average molecular weight is 406 g/mol. The van der Waals surface area contributed by atoms with Crippen molar-refractivity contribution in [2.75, 3.05) is 49.6 Å². The third-order valence-electron chi connectivity index (χ3n) is 6.32. The highest BCUT2D eigenvalue weighted by molar-refractivity contribution is 5.76. The normalized spacial score (nSPS) is 21.5. The van der Waals surface area contributed by atoms with Gasteiger partial charge in [-0.2, -0.15) is 5.26 Å². The lowest BCUT2D eigenvalue weighted by Crippen LogP contribution is -2.37. The minimum Gasteiger partial charge on any atom is -0.482 e. The molecule has 3 aliphatic rings. The van der Waals surface area contributed by atoms with Crippen LogP contribution in [0.5, 0.6) is 5.75 Å². The van der Waals surface area contributed by atoms with Crippen molar-refractivity contribution in [3.05, 3.63) is 41.1 Å². The predicted octanol–water partition coefficient (Wildman–Crippen LogP) is 3.45. The molecule has 7 heteroatoms. The van der Waals surface area contributed by atoms with Gasteiger partial charge in [-0.25, -0.2) is 4.98 Å². The van der Waals surface area contributed by atoms with Gasteiger partial charge in [0.15, 0.2) is 5.75 Å². The maximum atomic E-state index is 9.86. The van der Waals surface area contributed by atoms with Crippen molar-refractivity contribution in [2.45, 2.75) is 31.8 Å². The number of piperidine rings is 1. The van der Waals surface area contributed by atoms with Gasteiger partial charge in [0, 0.05) is 25.0 Å². The number of pyridine rings is 1. The van der Waals surface area contributed by atoms with Gasteiger partial charge in [0.2, 0.25) is 0 Å². The van der Waals surface area contributed by atoms with E-state index in [4.69, 9.17) is 9.47 Å². The Hall–Kier alpha value is -2.82. The lowest BCUT2D eigenvalue weighted by atomic mass is 9.88. The molecule has 1 aromatic carbocycles. The molecule has 2 N–H and O–H groups in total. The Labute approximate surface area is 177 Å². The Morgan fingerprint density at radius 3 is 2.77 bits per heavy atom. The van der Waals surface area contributed by atoms with Gasteiger partial charge in [-0.05, 0) is 62.5 Å². The van der Waals surface area contributed by atoms with Crippen molar-refractivity contribution in [1.82, 2.24) is 10.3 Å². The fourth-order valence-corrected chi connectivity index (χ4v) is 4.75. The van der Waals surface area contributed by atoms with Gasteiger partial charge in [-0.15, -0.1) is 0 Å². The molecular weight excluding hydrogens is 378 g/mol. The smallest absolute Gasteiger partial charge is 0.161 e. The van der Waals surface area contributed by atoms with Crippen molar-refractivity contribution in [3.63, 3.8) is 0 Å². The molecule has 2 saturated heterocycles. The van der Waals surface area contributed by atoms with Crippen LogP contribution in [0.1, 0.15) is 48.5 Å². The number of morpholine rings is 1. The fraction of sp³-hybridized carbons (Fsp3) is 0.478. The molecule has 0 radical (unpaired) electrons. The van der Waals surface area contributed by atoms with Crippen LogP contribution in [0.25, 0.3) is 0 Å². The van der Waals surface area contributed by atoms with E-state index < -0.39 is 0 Å². The highest BCUT2D eigenvalue weighted by Gasteiger charge is 2.29. The third kappa shape index (κ3) is 3.47. The van der Waals surface area contributed by atoms with E-state index in [1.165, 1.54) is 5.56 Å². The Morgan fingerprint density at radius 2 is 2.00 bits per heavy atom. The zero-order chi connectivity index (χ0) is 20.5. The number of nitrogens with one attached hydrogen (secondary N) is 2. The molecule has 2 aromatic rings. The van der Waals surface area contributed by atoms with Crippen molar-refractivity contribution in [1.29, 1.82) is 5.26 Å². The molecule has 1 unspecified atom stereocenters. The van der Waals surface area contributed by atoms with Gasteiger partial charge in [-0.3, -0.25) is 0 Å². The Balaban J connectivity index is 1.56. The van der Waals surface area contributed by atoms with Crippen LogP contribution in [0.4, 0.5) is 17.2 Å². The summed E-state index contributed by atoms with van der Waals surface area (Å²) >= 11 is 0. The lowest BCUT2D eigenvalue weighted by Gasteiger charge is -2.31. The van der Waals surface area contributed by atoms with Crippen molar-refractivity contribution >= 4 is 17.2 Å². The summed E-state index contributed by atoms with van der Waals surface area (Å²) in [6, 6.07) is 8.57. The minimum atomic E-state index is -0.225. The SMILES string of the molecule is CC1Oc2c(C#N)cc(C3CCNCC3)cc2Nc2nccc(N3CCOCC3)c21. The van der Waals surface area contributed by atoms with E-state index in [1.807, 2.05) is 25.3 Å². The van der Waals surface area contributed by atoms with E-state index in [0.717, 1.165) is 75.0 Å². The number of hydrogen-bond acceptors (Lipinski definition) is 7. The van der Waals surface area contributed by atoms with Crippen LogP contribution >= 0.6 is 0 Å². The molecular formula is C23H27N5O2. The number of hydrogen-bond donors (Lipinski definition) is 2. The summed E-state index contributed by atoms with van der Waals surface area (Å²) in [6.45, 7) is 7.19. The summed E-state index contributed by atoms with van der Waals surface area (Å²) < 4.78 is 11.9. The molecule has 5 rings (SSSR count). The summed E-state index contributed by atoms with van der Waals surface area (Å²) in [5.74, 6) is 1.88. The predicted molar refractivity (Wildman–Crippen MR) is 116 cm³/mol. The number of benzene rings is 1. The van der Waals surface area contributed by atoms with E-state index in [2.05, 4.69) is 32.7 Å². The second-order valence-corrected chi connectivity index (χ2v) is 8.16. The number of ether oxygens (including phenoxy) is 2. The number of nitrogens with zero attached hydrogens (tertiary/aromatic N) is 3. The Kier molecular flexibility index (Phi) is 5.19. The minimum absolute atomic E-state index is 0.225. The lowest BCUT2D eigenvalue weighted by molar-refractivity contribution is 0.122. The molecule has 30 heavy (non-hydrogen) atoms. The molecule has 4 heterocycles. The molecule has 0 amide bonds. The average Bonchev–Trinajstić information content (AvgIpc) is 2.95. The first-order valence-electron chi connectivity index (χ1n) is 10.8. The van der Waals surface area contributed by atoms with Crippen LogP contribution in [0.2, 0.25) is 0 Å². The number of fused-ring (bicyclic) bond motifs is 2. The van der Waals surface area contributed by atoms with E-state index in [9.17, 15) is 5.26 Å². The molecule has 0 saturated carbocycles. The van der Waals surface area contributed by atoms with Gasteiger partial charge in [-0.1, -0.05) is 0 Å². The topological polar surface area (TPSA) is 82.4 Å². The third-order valence-corrected chi connectivity index (χ3v) is 6.32. The molecule has 3 aliphatic heterocycles. The number of aromatic nitrogens is 1. The molecule has 0 spiro atoms. The van der Waals surface area contributed by atoms with E-state index in [1.54, 1.807) is 0 Å². The van der Waals surface area contributed by atoms with Crippen LogP contribution in [0.3, 0.4) is 0 Å². The molecule has 0 bridgehead atoms. The van der Waals surface area contributed by atoms with Crippen LogP contribution in [-0.4, -0.2) is 44.4 Å². The van der Waals surface area contributed by atoms with E-state index in [-0.39, 0.29) is 6.10 Å². The summed E-state index contributed by atoms with van der Waals surface area (Å²) in [5, 5.41) is 16.8. The van der Waals surface area contributed by atoms with E-state index >= 15 is 0 Å². The van der Waals surface area contributed by atoms with Gasteiger partial charge in [0.05, 0.1) is 30.0 Å². The van der Waals surface area contributed by atoms with Crippen LogP contribution < -0.4 is 20.3 Å². The van der Waals surface area contributed by atoms with Gasteiger partial charge >= 0.3 is 0 Å². The summed E-state index contributed by atoms with van der Waals surface area (Å²) in [7, 11) is 0. The Morgan fingerprint density at radius 1 is 1.20 bits per heavy atom. The van der Waals surface area contributed by atoms with Crippen LogP contribution in [0.15, 0.2) is 24.4 Å². The standard InChI is InChI=1S/C23H27N5O2/c1-15-21-20(28-8-10-29-11-9-28)4-7-26-23(21)27-19-13-17(16-2-5-25-6-3-16)12-18(14-24)22(19)30-15/h4,7,12-13,15-16,25H,2-3,5-6,8-11H2,1H3,(H,26,27). The molecule has 1 atom stereocenters. The van der Waals surface area contributed by atoms with Gasteiger partial charge < -0.3 is 25.0 Å². The summed E-state index contributed by atoms with van der Waals surface area (Å²) in [4.78, 5) is 6.97. The van der Waals surface area contributed by atoms with E-state index in [0.29, 0.717) is 17.2 Å².